The van der Waals surface area contributed by atoms with Gasteiger partial charge in [0.2, 0.25) is 0 Å². The van der Waals surface area contributed by atoms with Crippen LogP contribution in [0.25, 0.3) is 11.2 Å². The van der Waals surface area contributed by atoms with Crippen LogP contribution in [-0.4, -0.2) is 41.8 Å². The first kappa shape index (κ1) is 19.8. The first-order valence-electron chi connectivity index (χ1n) is 10.2. The van der Waals surface area contributed by atoms with E-state index in [1.54, 1.807) is 48.5 Å². The van der Waals surface area contributed by atoms with Crippen molar-refractivity contribution in [2.24, 2.45) is 0 Å². The molecule has 0 bridgehead atoms. The van der Waals surface area contributed by atoms with Gasteiger partial charge in [-0.05, 0) is 53.3 Å². The van der Waals surface area contributed by atoms with E-state index in [-0.39, 0.29) is 11.8 Å². The number of rotatable bonds is 6. The molecule has 7 nitrogen and oxygen atoms in total. The molecule has 160 valence electrons. The summed E-state index contributed by atoms with van der Waals surface area (Å²) >= 11 is 1.74. The van der Waals surface area contributed by atoms with E-state index in [4.69, 9.17) is 13.9 Å². The molecule has 0 aliphatic carbocycles. The number of hydrogen-bond donors (Lipinski definition) is 0. The molecule has 8 heteroatoms. The lowest BCUT2D eigenvalue weighted by atomic mass is 9.91. The van der Waals surface area contributed by atoms with E-state index < -0.39 is 0 Å². The molecule has 1 aromatic carbocycles. The number of nitrogens with zero attached hydrogens (tertiary/aromatic N) is 3. The van der Waals surface area contributed by atoms with Gasteiger partial charge in [-0.3, -0.25) is 9.47 Å². The van der Waals surface area contributed by atoms with E-state index in [0.717, 1.165) is 24.5 Å². The van der Waals surface area contributed by atoms with Crippen molar-refractivity contribution >= 4 is 22.6 Å². The Bertz CT molecular complexity index is 1260. The van der Waals surface area contributed by atoms with E-state index in [2.05, 4.69) is 39.5 Å². The second-order valence-electron chi connectivity index (χ2n) is 7.45. The molecule has 4 heterocycles. The highest BCUT2D eigenvalue weighted by atomic mass is 32.1. The molecular formula is C23H23N3O4S. The summed E-state index contributed by atoms with van der Waals surface area (Å²) in [6.45, 7) is 2.08. The zero-order valence-electron chi connectivity index (χ0n) is 17.4. The second kappa shape index (κ2) is 8.20. The highest BCUT2D eigenvalue weighted by Crippen LogP contribution is 2.42. The Morgan fingerprint density at radius 1 is 1.16 bits per heavy atom. The minimum atomic E-state index is -0.370. The van der Waals surface area contributed by atoms with Crippen molar-refractivity contribution < 1.29 is 13.9 Å². The van der Waals surface area contributed by atoms with E-state index in [9.17, 15) is 4.79 Å². The fourth-order valence-electron chi connectivity index (χ4n) is 4.34. The topological polar surface area (TPSA) is 69.7 Å². The first-order chi connectivity index (χ1) is 15.2. The van der Waals surface area contributed by atoms with Crippen molar-refractivity contribution in [3.8, 4) is 11.5 Å². The quantitative estimate of drug-likeness (QED) is 0.458. The Kier molecular flexibility index (Phi) is 5.25. The number of methoxy groups -OCH3 is 2. The van der Waals surface area contributed by atoms with Crippen molar-refractivity contribution in [2.75, 3.05) is 27.3 Å². The van der Waals surface area contributed by atoms with Gasteiger partial charge in [-0.25, -0.2) is 9.78 Å². The van der Waals surface area contributed by atoms with Gasteiger partial charge in [0.15, 0.2) is 22.7 Å². The van der Waals surface area contributed by atoms with Crippen LogP contribution in [0, 0.1) is 0 Å². The van der Waals surface area contributed by atoms with Crippen LogP contribution in [0.5, 0.6) is 11.5 Å². The van der Waals surface area contributed by atoms with E-state index in [1.165, 1.54) is 16.0 Å². The van der Waals surface area contributed by atoms with Crippen LogP contribution in [0.4, 0.5) is 0 Å². The van der Waals surface area contributed by atoms with Crippen LogP contribution >= 0.6 is 11.3 Å². The number of hydrogen-bond acceptors (Lipinski definition) is 7. The number of fused-ring (bicyclic) bond motifs is 2. The molecule has 31 heavy (non-hydrogen) atoms. The van der Waals surface area contributed by atoms with Crippen molar-refractivity contribution in [1.82, 2.24) is 14.5 Å². The van der Waals surface area contributed by atoms with Crippen molar-refractivity contribution in [1.29, 1.82) is 0 Å². The first-order valence-corrected chi connectivity index (χ1v) is 11.0. The summed E-state index contributed by atoms with van der Waals surface area (Å²) in [5.74, 6) is 1.11. The molecule has 0 amide bonds. The normalized spacial score (nSPS) is 16.4. The van der Waals surface area contributed by atoms with Crippen molar-refractivity contribution in [3.63, 3.8) is 0 Å². The van der Waals surface area contributed by atoms with Gasteiger partial charge in [-0.15, -0.1) is 11.3 Å². The summed E-state index contributed by atoms with van der Waals surface area (Å²) < 4.78 is 18.1. The highest BCUT2D eigenvalue weighted by molar-refractivity contribution is 7.10. The smallest absolute Gasteiger partial charge is 0.421 e. The summed E-state index contributed by atoms with van der Waals surface area (Å²) in [5.41, 5.74) is 3.58. The van der Waals surface area contributed by atoms with Crippen LogP contribution in [-0.2, 0) is 13.0 Å². The summed E-state index contributed by atoms with van der Waals surface area (Å²) in [4.78, 5) is 20.4. The number of pyridine rings is 1. The molecule has 4 aromatic rings. The Morgan fingerprint density at radius 3 is 2.77 bits per heavy atom. The third-order valence-corrected chi connectivity index (χ3v) is 6.75. The third kappa shape index (κ3) is 3.51. The van der Waals surface area contributed by atoms with Crippen molar-refractivity contribution in [3.05, 3.63) is 74.5 Å². The van der Waals surface area contributed by atoms with Crippen LogP contribution in [0.1, 0.15) is 22.0 Å². The lowest BCUT2D eigenvalue weighted by Gasteiger charge is -2.37. The van der Waals surface area contributed by atoms with Gasteiger partial charge in [0.05, 0.1) is 20.3 Å². The molecular weight excluding hydrogens is 414 g/mol. The molecule has 1 aliphatic heterocycles. The maximum absolute atomic E-state index is 12.4. The molecule has 3 aromatic heterocycles. The summed E-state index contributed by atoms with van der Waals surface area (Å²) in [6.07, 6.45) is 2.58. The van der Waals surface area contributed by atoms with Crippen LogP contribution < -0.4 is 15.2 Å². The van der Waals surface area contributed by atoms with E-state index in [0.29, 0.717) is 24.3 Å². The Labute approximate surface area is 183 Å². The van der Waals surface area contributed by atoms with Gasteiger partial charge < -0.3 is 13.9 Å². The Hall–Kier alpha value is -3.10. The average molecular weight is 438 g/mol. The lowest BCUT2D eigenvalue weighted by Crippen LogP contribution is -2.38. The third-order valence-electron chi connectivity index (χ3n) is 5.82. The summed E-state index contributed by atoms with van der Waals surface area (Å²) in [7, 11) is 3.32. The lowest BCUT2D eigenvalue weighted by molar-refractivity contribution is 0.205. The van der Waals surface area contributed by atoms with Crippen LogP contribution in [0.2, 0.25) is 0 Å². The van der Waals surface area contributed by atoms with Gasteiger partial charge in [-0.2, -0.15) is 0 Å². The van der Waals surface area contributed by atoms with Crippen LogP contribution in [0.15, 0.2) is 57.2 Å². The number of aromatic nitrogens is 2. The molecule has 0 spiro atoms. The van der Waals surface area contributed by atoms with Crippen LogP contribution in [0.3, 0.4) is 0 Å². The Balaban J connectivity index is 1.50. The van der Waals surface area contributed by atoms with Gasteiger partial charge >= 0.3 is 5.76 Å². The molecule has 1 atom stereocenters. The number of benzene rings is 1. The molecule has 0 fully saturated rings. The maximum Gasteiger partial charge on any atom is 0.421 e. The van der Waals surface area contributed by atoms with E-state index >= 15 is 0 Å². The predicted octanol–water partition coefficient (Wildman–Crippen LogP) is 3.72. The predicted molar refractivity (Wildman–Crippen MR) is 119 cm³/mol. The minimum absolute atomic E-state index is 0.0883. The molecule has 5 rings (SSSR count). The molecule has 0 saturated carbocycles. The van der Waals surface area contributed by atoms with E-state index in [1.807, 2.05) is 0 Å². The van der Waals surface area contributed by atoms with Gasteiger partial charge in [0.1, 0.15) is 0 Å². The molecule has 0 radical (unpaired) electrons. The largest absolute Gasteiger partial charge is 0.493 e. The fourth-order valence-corrected chi connectivity index (χ4v) is 5.22. The molecule has 1 aliphatic rings. The SMILES string of the molecule is COc1cc2c(cc1OC)C(c1cccs1)N(CCn1c(=O)oc3cccnc31)CC2. The number of oxazole rings is 1. The van der Waals surface area contributed by atoms with Gasteiger partial charge in [-0.1, -0.05) is 6.07 Å². The molecule has 0 N–H and O–H groups in total. The summed E-state index contributed by atoms with van der Waals surface area (Å²) in [6, 6.07) is 12.0. The number of thiophene rings is 1. The van der Waals surface area contributed by atoms with Gasteiger partial charge in [0, 0.05) is 30.7 Å². The zero-order chi connectivity index (χ0) is 21.4. The monoisotopic (exact) mass is 437 g/mol. The fraction of sp³-hybridized carbons (Fsp3) is 0.304. The summed E-state index contributed by atoms with van der Waals surface area (Å²) in [5, 5.41) is 2.10. The highest BCUT2D eigenvalue weighted by Gasteiger charge is 2.31. The number of ether oxygens (including phenoxy) is 2. The maximum atomic E-state index is 12.4. The standard InChI is InChI=1S/C23H23N3O4S/c1-28-18-13-15-7-9-25(10-11-26-22-17(30-23(26)27)5-3-8-24-22)21(20-6-4-12-31-20)16(15)14-19(18)29-2/h3-6,8,12-14,21H,7,9-11H2,1-2H3. The average Bonchev–Trinajstić information content (AvgIpc) is 3.43. The zero-order valence-corrected chi connectivity index (χ0v) is 18.2. The van der Waals surface area contributed by atoms with Gasteiger partial charge in [0.25, 0.3) is 0 Å². The molecule has 1 unspecified atom stereocenters. The minimum Gasteiger partial charge on any atom is -0.493 e. The second-order valence-corrected chi connectivity index (χ2v) is 8.43. The van der Waals surface area contributed by atoms with Crippen molar-refractivity contribution in [2.45, 2.75) is 19.0 Å². The molecule has 0 saturated heterocycles. The Morgan fingerprint density at radius 2 is 2.00 bits per heavy atom.